The summed E-state index contributed by atoms with van der Waals surface area (Å²) in [6.45, 7) is 6.20. The fourth-order valence-corrected chi connectivity index (χ4v) is 4.43. The molecule has 0 aromatic heterocycles. The Kier molecular flexibility index (Phi) is 6.22. The van der Waals surface area contributed by atoms with E-state index in [4.69, 9.17) is 0 Å². The maximum Gasteiger partial charge on any atom is 0.223 e. The Bertz CT molecular complexity index is 553. The Morgan fingerprint density at radius 1 is 1.45 bits per heavy atom. The Hall–Kier alpha value is -0.230. The zero-order chi connectivity index (χ0) is 15.0. The predicted octanol–water partition coefficient (Wildman–Crippen LogP) is 3.63. The van der Waals surface area contributed by atoms with Crippen LogP contribution in [0.5, 0.6) is 0 Å². The van der Waals surface area contributed by atoms with Crippen molar-refractivity contribution in [2.24, 2.45) is 17.8 Å². The summed E-state index contributed by atoms with van der Waals surface area (Å²) in [4.78, 5) is 13.8. The second-order valence-corrected chi connectivity index (χ2v) is 8.14. The molecule has 122 valence electrons. The Labute approximate surface area is 150 Å². The van der Waals surface area contributed by atoms with E-state index < -0.39 is 0 Å². The minimum absolute atomic E-state index is 0. The lowest BCUT2D eigenvalue weighted by Crippen LogP contribution is -2.50. The predicted molar refractivity (Wildman–Crippen MR) is 97.7 cm³/mol. The molecule has 6 heteroatoms. The number of rotatable bonds is 3. The first-order chi connectivity index (χ1) is 10.1. The van der Waals surface area contributed by atoms with Crippen molar-refractivity contribution in [2.75, 3.05) is 18.8 Å². The third-order valence-corrected chi connectivity index (χ3v) is 6.48. The van der Waals surface area contributed by atoms with E-state index in [1.807, 2.05) is 18.7 Å². The maximum absolute atomic E-state index is 12.5. The molecule has 0 spiro atoms. The van der Waals surface area contributed by atoms with Crippen LogP contribution >= 0.6 is 40.1 Å². The standard InChI is InChI=1S/C16H21BrN2OS.ClH/c1-9-8-21-14-4-3-12(17)5-13(14)15(9)19-16(20)10(2)11-6-18-7-11;/h3-5,9-11,15,18H,6-8H2,1-2H3,(H,19,20);1H. The molecule has 1 fully saturated rings. The smallest absolute Gasteiger partial charge is 0.223 e. The lowest BCUT2D eigenvalue weighted by atomic mass is 9.87. The van der Waals surface area contributed by atoms with Crippen molar-refractivity contribution in [2.45, 2.75) is 24.8 Å². The van der Waals surface area contributed by atoms with E-state index in [-0.39, 0.29) is 30.3 Å². The number of carbonyl (C=O) groups is 1. The van der Waals surface area contributed by atoms with Gasteiger partial charge in [-0.15, -0.1) is 24.2 Å². The Morgan fingerprint density at radius 2 is 2.18 bits per heavy atom. The van der Waals surface area contributed by atoms with Gasteiger partial charge in [-0.3, -0.25) is 4.79 Å². The molecule has 1 saturated heterocycles. The van der Waals surface area contributed by atoms with Crippen molar-refractivity contribution in [3.05, 3.63) is 28.2 Å². The molecule has 3 rings (SSSR count). The second-order valence-electron chi connectivity index (χ2n) is 6.16. The van der Waals surface area contributed by atoms with Crippen LogP contribution in [0.3, 0.4) is 0 Å². The number of hydrogen-bond donors (Lipinski definition) is 2. The first kappa shape index (κ1) is 18.1. The summed E-state index contributed by atoms with van der Waals surface area (Å²) in [6, 6.07) is 6.50. The molecule has 0 radical (unpaired) electrons. The fourth-order valence-electron chi connectivity index (χ4n) is 2.90. The van der Waals surface area contributed by atoms with E-state index in [0.29, 0.717) is 11.8 Å². The monoisotopic (exact) mass is 404 g/mol. The molecule has 3 nitrogen and oxygen atoms in total. The molecule has 1 amide bonds. The molecule has 2 aliphatic rings. The molecule has 3 atom stereocenters. The van der Waals surface area contributed by atoms with Crippen molar-refractivity contribution in [3.8, 4) is 0 Å². The molecule has 1 aromatic carbocycles. The van der Waals surface area contributed by atoms with Gasteiger partial charge in [-0.25, -0.2) is 0 Å². The summed E-state index contributed by atoms with van der Waals surface area (Å²) in [6.07, 6.45) is 0. The van der Waals surface area contributed by atoms with Crippen molar-refractivity contribution < 1.29 is 4.79 Å². The van der Waals surface area contributed by atoms with Crippen molar-refractivity contribution in [1.29, 1.82) is 0 Å². The van der Waals surface area contributed by atoms with Gasteiger partial charge in [0, 0.05) is 21.0 Å². The molecule has 2 aliphatic heterocycles. The van der Waals surface area contributed by atoms with Gasteiger partial charge in [-0.05, 0) is 48.7 Å². The molecule has 22 heavy (non-hydrogen) atoms. The topological polar surface area (TPSA) is 41.1 Å². The summed E-state index contributed by atoms with van der Waals surface area (Å²) in [5.41, 5.74) is 1.25. The lowest BCUT2D eigenvalue weighted by Gasteiger charge is -2.36. The van der Waals surface area contributed by atoms with E-state index in [1.165, 1.54) is 10.5 Å². The van der Waals surface area contributed by atoms with Crippen LogP contribution in [0.25, 0.3) is 0 Å². The van der Waals surface area contributed by atoms with E-state index in [0.717, 1.165) is 23.3 Å². The molecule has 0 saturated carbocycles. The van der Waals surface area contributed by atoms with Gasteiger partial charge < -0.3 is 10.6 Å². The van der Waals surface area contributed by atoms with Crippen LogP contribution in [0.15, 0.2) is 27.6 Å². The van der Waals surface area contributed by atoms with Gasteiger partial charge in [0.2, 0.25) is 5.91 Å². The molecular weight excluding hydrogens is 384 g/mol. The molecule has 0 bridgehead atoms. The first-order valence-corrected chi connectivity index (χ1v) is 9.27. The quantitative estimate of drug-likeness (QED) is 0.807. The highest BCUT2D eigenvalue weighted by molar-refractivity contribution is 9.10. The number of thioether (sulfide) groups is 1. The first-order valence-electron chi connectivity index (χ1n) is 7.49. The van der Waals surface area contributed by atoms with E-state index in [9.17, 15) is 4.79 Å². The van der Waals surface area contributed by atoms with E-state index in [2.05, 4.69) is 51.7 Å². The van der Waals surface area contributed by atoms with Gasteiger partial charge in [-0.2, -0.15) is 0 Å². The Balaban J connectivity index is 0.00000176. The third-order valence-electron chi connectivity index (χ3n) is 4.61. The van der Waals surface area contributed by atoms with Crippen LogP contribution in [0.4, 0.5) is 0 Å². The summed E-state index contributed by atoms with van der Waals surface area (Å²) in [7, 11) is 0. The maximum atomic E-state index is 12.5. The van der Waals surface area contributed by atoms with Gasteiger partial charge in [0.1, 0.15) is 0 Å². The van der Waals surface area contributed by atoms with Gasteiger partial charge >= 0.3 is 0 Å². The molecule has 2 heterocycles. The third kappa shape index (κ3) is 3.64. The van der Waals surface area contributed by atoms with E-state index in [1.54, 1.807) is 0 Å². The van der Waals surface area contributed by atoms with Gasteiger partial charge in [0.15, 0.2) is 0 Å². The number of halogens is 2. The van der Waals surface area contributed by atoms with Gasteiger partial charge in [0.05, 0.1) is 6.04 Å². The average molecular weight is 406 g/mol. The summed E-state index contributed by atoms with van der Waals surface area (Å²) >= 11 is 5.43. The van der Waals surface area contributed by atoms with Crippen LogP contribution in [0.1, 0.15) is 25.5 Å². The zero-order valence-corrected chi connectivity index (χ0v) is 16.0. The highest BCUT2D eigenvalue weighted by Gasteiger charge is 2.33. The molecule has 0 aliphatic carbocycles. The van der Waals surface area contributed by atoms with Crippen molar-refractivity contribution in [3.63, 3.8) is 0 Å². The zero-order valence-electron chi connectivity index (χ0n) is 12.8. The number of hydrogen-bond acceptors (Lipinski definition) is 3. The number of benzene rings is 1. The minimum Gasteiger partial charge on any atom is -0.349 e. The SMILES string of the molecule is CC1CSc2ccc(Br)cc2C1NC(=O)C(C)C1CNC1.Cl. The van der Waals surface area contributed by atoms with Crippen LogP contribution in [-0.4, -0.2) is 24.7 Å². The van der Waals surface area contributed by atoms with Gasteiger partial charge in [0.25, 0.3) is 0 Å². The lowest BCUT2D eigenvalue weighted by molar-refractivity contribution is -0.127. The Morgan fingerprint density at radius 3 is 2.82 bits per heavy atom. The highest BCUT2D eigenvalue weighted by Crippen LogP contribution is 2.40. The van der Waals surface area contributed by atoms with Crippen LogP contribution < -0.4 is 10.6 Å². The molecule has 1 aromatic rings. The largest absolute Gasteiger partial charge is 0.349 e. The second kappa shape index (κ2) is 7.56. The van der Waals surface area contributed by atoms with Crippen molar-refractivity contribution in [1.82, 2.24) is 10.6 Å². The summed E-state index contributed by atoms with van der Waals surface area (Å²) < 4.78 is 1.08. The number of carbonyl (C=O) groups excluding carboxylic acids is 1. The summed E-state index contributed by atoms with van der Waals surface area (Å²) in [5.74, 6) is 2.27. The van der Waals surface area contributed by atoms with Crippen LogP contribution in [0.2, 0.25) is 0 Å². The minimum atomic E-state index is 0. The number of fused-ring (bicyclic) bond motifs is 1. The van der Waals surface area contributed by atoms with E-state index >= 15 is 0 Å². The normalized spacial score (nSPS) is 25.4. The molecular formula is C16H22BrClN2OS. The summed E-state index contributed by atoms with van der Waals surface area (Å²) in [5, 5.41) is 6.54. The number of nitrogens with one attached hydrogen (secondary N) is 2. The molecule has 3 unspecified atom stereocenters. The fraction of sp³-hybridized carbons (Fsp3) is 0.562. The van der Waals surface area contributed by atoms with Crippen LogP contribution in [-0.2, 0) is 4.79 Å². The molecule has 2 N–H and O–H groups in total. The van der Waals surface area contributed by atoms with Crippen molar-refractivity contribution >= 4 is 46.0 Å². The number of amides is 1. The highest BCUT2D eigenvalue weighted by atomic mass is 79.9. The van der Waals surface area contributed by atoms with Gasteiger partial charge in [-0.1, -0.05) is 29.8 Å². The average Bonchev–Trinajstić information content (AvgIpc) is 2.40. The van der Waals surface area contributed by atoms with Crippen LogP contribution in [0, 0.1) is 17.8 Å².